The smallest absolute Gasteiger partial charge is 0.317 e. The monoisotopic (exact) mass is 212 g/mol. The molecule has 0 aromatic carbocycles. The van der Waals surface area contributed by atoms with Crippen molar-refractivity contribution in [3.63, 3.8) is 0 Å². The van der Waals surface area contributed by atoms with Crippen LogP contribution in [-0.2, 0) is 19.1 Å². The van der Waals surface area contributed by atoms with Crippen LogP contribution in [0.1, 0.15) is 25.7 Å². The van der Waals surface area contributed by atoms with Crippen LogP contribution in [0.4, 0.5) is 0 Å². The molecule has 1 fully saturated rings. The third-order valence-corrected chi connectivity index (χ3v) is 2.27. The number of allylic oxidation sites excluding steroid dienone is 1. The Morgan fingerprint density at radius 3 is 2.87 bits per heavy atom. The molecule has 1 atom stereocenters. The van der Waals surface area contributed by atoms with Crippen LogP contribution in [-0.4, -0.2) is 25.2 Å². The van der Waals surface area contributed by atoms with Gasteiger partial charge in [-0.2, -0.15) is 0 Å². The maximum atomic E-state index is 11.0. The Labute approximate surface area is 89.2 Å². The topological polar surface area (TPSA) is 52.6 Å². The molecule has 1 aliphatic rings. The van der Waals surface area contributed by atoms with E-state index in [1.165, 1.54) is 0 Å². The summed E-state index contributed by atoms with van der Waals surface area (Å²) in [5.41, 5.74) is 0. The van der Waals surface area contributed by atoms with Crippen LogP contribution < -0.4 is 0 Å². The van der Waals surface area contributed by atoms with E-state index in [9.17, 15) is 9.59 Å². The molecular formula is C11H16O4. The summed E-state index contributed by atoms with van der Waals surface area (Å²) in [5, 5.41) is 0. The molecule has 4 nitrogen and oxygen atoms in total. The largest absolute Gasteiger partial charge is 0.393 e. The van der Waals surface area contributed by atoms with Crippen molar-refractivity contribution in [2.45, 2.75) is 25.7 Å². The molecule has 1 saturated heterocycles. The molecule has 0 aromatic rings. The normalized spacial score (nSPS) is 20.4. The molecule has 1 rings (SSSR count). The van der Waals surface area contributed by atoms with Gasteiger partial charge in [-0.25, -0.2) is 0 Å². The van der Waals surface area contributed by atoms with Gasteiger partial charge in [0.15, 0.2) is 0 Å². The van der Waals surface area contributed by atoms with E-state index in [0.29, 0.717) is 19.6 Å². The van der Waals surface area contributed by atoms with Gasteiger partial charge in [-0.3, -0.25) is 9.59 Å². The molecule has 0 aromatic heterocycles. The highest BCUT2D eigenvalue weighted by molar-refractivity contribution is 5.94. The van der Waals surface area contributed by atoms with Gasteiger partial charge in [-0.15, -0.1) is 6.58 Å². The second-order valence-corrected chi connectivity index (χ2v) is 3.53. The summed E-state index contributed by atoms with van der Waals surface area (Å²) in [4.78, 5) is 21.8. The lowest BCUT2D eigenvalue weighted by atomic mass is 10.1. The van der Waals surface area contributed by atoms with Crippen LogP contribution in [0.2, 0.25) is 0 Å². The van der Waals surface area contributed by atoms with E-state index in [4.69, 9.17) is 4.74 Å². The van der Waals surface area contributed by atoms with Gasteiger partial charge in [-0.05, 0) is 19.3 Å². The minimum Gasteiger partial charge on any atom is -0.393 e. The van der Waals surface area contributed by atoms with Crippen molar-refractivity contribution >= 4 is 11.9 Å². The van der Waals surface area contributed by atoms with E-state index < -0.39 is 11.9 Å². The van der Waals surface area contributed by atoms with Crippen molar-refractivity contribution in [1.29, 1.82) is 0 Å². The first-order valence-corrected chi connectivity index (χ1v) is 5.17. The highest BCUT2D eigenvalue weighted by Crippen LogP contribution is 2.19. The second-order valence-electron chi connectivity index (χ2n) is 3.53. The summed E-state index contributed by atoms with van der Waals surface area (Å²) >= 11 is 0. The summed E-state index contributed by atoms with van der Waals surface area (Å²) in [5.74, 6) is -1.12. The van der Waals surface area contributed by atoms with E-state index in [1.54, 1.807) is 0 Å². The van der Waals surface area contributed by atoms with Crippen LogP contribution in [0.5, 0.6) is 0 Å². The first-order chi connectivity index (χ1) is 7.24. The summed E-state index contributed by atoms with van der Waals surface area (Å²) < 4.78 is 9.74. The molecule has 15 heavy (non-hydrogen) atoms. The zero-order chi connectivity index (χ0) is 11.1. The second kappa shape index (κ2) is 6.35. The molecule has 1 heterocycles. The van der Waals surface area contributed by atoms with Gasteiger partial charge in [0.2, 0.25) is 0 Å². The molecule has 0 bridgehead atoms. The molecule has 1 aliphatic heterocycles. The summed E-state index contributed by atoms with van der Waals surface area (Å²) in [6, 6.07) is 0. The fourth-order valence-corrected chi connectivity index (χ4v) is 1.40. The zero-order valence-corrected chi connectivity index (χ0v) is 8.74. The van der Waals surface area contributed by atoms with Gasteiger partial charge in [0.1, 0.15) is 0 Å². The minimum atomic E-state index is -0.420. The quantitative estimate of drug-likeness (QED) is 0.277. The molecule has 4 heteroatoms. The standard InChI is InChI=1S/C11H16O4/c1-2-3-4-6-14-7-5-9-8-10(12)15-11(9)13/h2,9H,1,3-8H2. The number of carbonyl (C=O) groups excluding carboxylic acids is 2. The predicted molar refractivity (Wildman–Crippen MR) is 54.1 cm³/mol. The van der Waals surface area contributed by atoms with Crippen LogP contribution >= 0.6 is 0 Å². The Morgan fingerprint density at radius 1 is 1.47 bits per heavy atom. The Bertz CT molecular complexity index is 247. The highest BCUT2D eigenvalue weighted by Gasteiger charge is 2.32. The van der Waals surface area contributed by atoms with Crippen LogP contribution in [0.25, 0.3) is 0 Å². The fraction of sp³-hybridized carbons (Fsp3) is 0.636. The van der Waals surface area contributed by atoms with Gasteiger partial charge < -0.3 is 9.47 Å². The Balaban J connectivity index is 2.02. The number of esters is 2. The van der Waals surface area contributed by atoms with Gasteiger partial charge in [0.05, 0.1) is 12.3 Å². The summed E-state index contributed by atoms with van der Waals surface area (Å²) in [7, 11) is 0. The van der Waals surface area contributed by atoms with Crippen molar-refractivity contribution in [1.82, 2.24) is 0 Å². The number of carbonyl (C=O) groups is 2. The van der Waals surface area contributed by atoms with Crippen LogP contribution in [0, 0.1) is 5.92 Å². The highest BCUT2D eigenvalue weighted by atomic mass is 16.6. The lowest BCUT2D eigenvalue weighted by Gasteiger charge is -2.05. The molecule has 0 amide bonds. The molecular weight excluding hydrogens is 196 g/mol. The number of hydrogen-bond donors (Lipinski definition) is 0. The summed E-state index contributed by atoms with van der Waals surface area (Å²) in [6.45, 7) is 4.78. The van der Waals surface area contributed by atoms with Crippen molar-refractivity contribution in [2.24, 2.45) is 5.92 Å². The maximum Gasteiger partial charge on any atom is 0.317 e. The molecule has 0 radical (unpaired) electrons. The minimum absolute atomic E-state index is 0.203. The fourth-order valence-electron chi connectivity index (χ4n) is 1.40. The van der Waals surface area contributed by atoms with Gasteiger partial charge in [0.25, 0.3) is 0 Å². The predicted octanol–water partition coefficient (Wildman–Crippen LogP) is 1.45. The van der Waals surface area contributed by atoms with Gasteiger partial charge in [-0.1, -0.05) is 6.08 Å². The van der Waals surface area contributed by atoms with Gasteiger partial charge in [0, 0.05) is 13.2 Å². The van der Waals surface area contributed by atoms with Crippen LogP contribution in [0.3, 0.4) is 0 Å². The van der Waals surface area contributed by atoms with E-state index in [0.717, 1.165) is 12.8 Å². The Morgan fingerprint density at radius 2 is 2.27 bits per heavy atom. The summed E-state index contributed by atoms with van der Waals surface area (Å²) in [6.07, 6.45) is 4.49. The van der Waals surface area contributed by atoms with E-state index in [2.05, 4.69) is 11.3 Å². The number of unbranched alkanes of at least 4 members (excludes halogenated alkanes) is 1. The zero-order valence-electron chi connectivity index (χ0n) is 8.74. The van der Waals surface area contributed by atoms with E-state index in [1.807, 2.05) is 6.08 Å². The maximum absolute atomic E-state index is 11.0. The SMILES string of the molecule is C=CCCCOCCC1CC(=O)OC1=O. The molecule has 0 aliphatic carbocycles. The molecule has 1 unspecified atom stereocenters. The lowest BCUT2D eigenvalue weighted by Crippen LogP contribution is -2.11. The average Bonchev–Trinajstić information content (AvgIpc) is 2.51. The van der Waals surface area contributed by atoms with Crippen molar-refractivity contribution in [2.75, 3.05) is 13.2 Å². The first-order valence-electron chi connectivity index (χ1n) is 5.17. The molecule has 0 saturated carbocycles. The third-order valence-electron chi connectivity index (χ3n) is 2.27. The average molecular weight is 212 g/mol. The van der Waals surface area contributed by atoms with Crippen LogP contribution in [0.15, 0.2) is 12.7 Å². The molecule has 0 N–H and O–H groups in total. The Kier molecular flexibility index (Phi) is 5.04. The van der Waals surface area contributed by atoms with E-state index in [-0.39, 0.29) is 12.3 Å². The first kappa shape index (κ1) is 11.9. The number of ether oxygens (including phenoxy) is 2. The van der Waals surface area contributed by atoms with Gasteiger partial charge >= 0.3 is 11.9 Å². The lowest BCUT2D eigenvalue weighted by molar-refractivity contribution is -0.153. The Hall–Kier alpha value is -1.16. The number of rotatable bonds is 7. The number of cyclic esters (lactones) is 2. The third kappa shape index (κ3) is 4.25. The van der Waals surface area contributed by atoms with Crippen molar-refractivity contribution in [3.8, 4) is 0 Å². The molecule has 0 spiro atoms. The van der Waals surface area contributed by atoms with E-state index >= 15 is 0 Å². The molecule has 84 valence electrons. The van der Waals surface area contributed by atoms with Crippen molar-refractivity contribution in [3.05, 3.63) is 12.7 Å². The number of hydrogen-bond acceptors (Lipinski definition) is 4. The van der Waals surface area contributed by atoms with Crippen molar-refractivity contribution < 1.29 is 19.1 Å².